The van der Waals surface area contributed by atoms with E-state index in [4.69, 9.17) is 20.9 Å². The second kappa shape index (κ2) is 16.2. The number of aromatic hydroxyl groups is 1. The van der Waals surface area contributed by atoms with Gasteiger partial charge in [0.2, 0.25) is 0 Å². The third kappa shape index (κ3) is 8.79. The molecule has 0 amide bonds. The van der Waals surface area contributed by atoms with Crippen LogP contribution in [0.3, 0.4) is 0 Å². The number of hydrogen-bond acceptors (Lipinski definition) is 17. The highest BCUT2D eigenvalue weighted by atomic mass is 32.2. The molecule has 0 saturated heterocycles. The molecule has 6 rings (SSSR count). The number of hydrogen-bond donors (Lipinski definition) is 5. The molecular formula is C37H31N9O11S2. The number of aryl methyl sites for hydroxylation is 1. The number of nitrogen functional groups attached to an aromatic ring is 2. The Hall–Kier alpha value is -7.40. The first-order valence-electron chi connectivity index (χ1n) is 16.7. The molecule has 20 nitrogen and oxygen atoms in total. The van der Waals surface area contributed by atoms with Crippen molar-refractivity contribution >= 4 is 82.2 Å². The summed E-state index contributed by atoms with van der Waals surface area (Å²) in [6.07, 6.45) is 0. The number of azo groups is 3. The predicted octanol–water partition coefficient (Wildman–Crippen LogP) is 9.35. The number of nitro groups is 1. The molecule has 6 aromatic carbocycles. The fourth-order valence-electron chi connectivity index (χ4n) is 5.74. The van der Waals surface area contributed by atoms with Crippen LogP contribution < -0.4 is 20.9 Å². The van der Waals surface area contributed by atoms with Gasteiger partial charge >= 0.3 is 0 Å². The Bertz CT molecular complexity index is 2990. The molecule has 7 N–H and O–H groups in total. The number of phenolic OH excluding ortho intramolecular Hbond substituents is 1. The van der Waals surface area contributed by atoms with E-state index in [0.717, 1.165) is 29.8 Å². The number of ether oxygens (including phenoxy) is 2. The van der Waals surface area contributed by atoms with Gasteiger partial charge in [-0.2, -0.15) is 27.1 Å². The van der Waals surface area contributed by atoms with Crippen LogP contribution in [0.15, 0.2) is 131 Å². The number of non-ortho nitro benzene ring substituents is 1. The lowest BCUT2D eigenvalue weighted by atomic mass is 10.0. The largest absolute Gasteiger partial charge is 0.505 e. The Morgan fingerprint density at radius 1 is 0.644 bits per heavy atom. The molecule has 0 aromatic heterocycles. The summed E-state index contributed by atoms with van der Waals surface area (Å²) in [6, 6.07) is 21.3. The SMILES string of the molecule is COc1cc(-c2ccc(N=Nc3c(S(=O)(=O)O)cc4cc(S(=O)(=O)O)c(N=Nc5ccc([N+](=O)[O-])cc5)c(N)c4c3O)c(OC)c2)ccc1N=Nc1ccc(N)cc1C. The van der Waals surface area contributed by atoms with E-state index in [1.54, 1.807) is 48.5 Å². The molecule has 0 aliphatic heterocycles. The van der Waals surface area contributed by atoms with Gasteiger partial charge in [0, 0.05) is 17.8 Å². The number of rotatable bonds is 12. The fraction of sp³-hybridized carbons (Fsp3) is 0.0811. The van der Waals surface area contributed by atoms with Crippen molar-refractivity contribution in [3.05, 3.63) is 107 Å². The van der Waals surface area contributed by atoms with Crippen LogP contribution in [0.5, 0.6) is 17.2 Å². The number of fused-ring (bicyclic) bond motifs is 1. The maximum absolute atomic E-state index is 12.6. The van der Waals surface area contributed by atoms with Gasteiger partial charge in [0.25, 0.3) is 25.9 Å². The number of nitro benzene ring substituents is 1. The molecule has 0 unspecified atom stereocenters. The summed E-state index contributed by atoms with van der Waals surface area (Å²) in [5, 5.41) is 46.0. The van der Waals surface area contributed by atoms with Crippen LogP contribution in [-0.4, -0.2) is 50.2 Å². The van der Waals surface area contributed by atoms with Crippen molar-refractivity contribution in [3.63, 3.8) is 0 Å². The Kier molecular flexibility index (Phi) is 11.3. The number of benzene rings is 6. The lowest BCUT2D eigenvalue weighted by Crippen LogP contribution is -2.03. The molecule has 0 fully saturated rings. The third-order valence-electron chi connectivity index (χ3n) is 8.63. The highest BCUT2D eigenvalue weighted by Crippen LogP contribution is 2.49. The third-order valence-corrected chi connectivity index (χ3v) is 10.4. The van der Waals surface area contributed by atoms with E-state index >= 15 is 0 Å². The zero-order valence-corrected chi connectivity index (χ0v) is 32.5. The van der Waals surface area contributed by atoms with E-state index in [9.17, 15) is 41.2 Å². The first-order chi connectivity index (χ1) is 27.9. The average molecular weight is 842 g/mol. The minimum absolute atomic E-state index is 0.0138. The van der Waals surface area contributed by atoms with Crippen LogP contribution in [0.25, 0.3) is 21.9 Å². The molecule has 0 spiro atoms. The summed E-state index contributed by atoms with van der Waals surface area (Å²) in [4.78, 5) is 8.41. The van der Waals surface area contributed by atoms with Gasteiger partial charge < -0.3 is 26.0 Å². The van der Waals surface area contributed by atoms with Crippen molar-refractivity contribution in [2.45, 2.75) is 16.7 Å². The molecule has 0 aliphatic rings. The molecule has 0 aliphatic carbocycles. The monoisotopic (exact) mass is 841 g/mol. The molecule has 0 saturated carbocycles. The zero-order valence-electron chi connectivity index (χ0n) is 30.9. The van der Waals surface area contributed by atoms with E-state index < -0.39 is 63.1 Å². The van der Waals surface area contributed by atoms with Crippen molar-refractivity contribution in [3.8, 4) is 28.4 Å². The summed E-state index contributed by atoms with van der Waals surface area (Å²) >= 11 is 0. The zero-order chi connectivity index (χ0) is 42.8. The molecule has 0 bridgehead atoms. The molecule has 302 valence electrons. The second-order valence-electron chi connectivity index (χ2n) is 12.4. The molecule has 59 heavy (non-hydrogen) atoms. The number of anilines is 2. The predicted molar refractivity (Wildman–Crippen MR) is 216 cm³/mol. The van der Waals surface area contributed by atoms with Crippen molar-refractivity contribution in [1.82, 2.24) is 0 Å². The van der Waals surface area contributed by atoms with E-state index in [1.165, 1.54) is 32.4 Å². The minimum atomic E-state index is -5.19. The lowest BCUT2D eigenvalue weighted by Gasteiger charge is -2.14. The van der Waals surface area contributed by atoms with Crippen molar-refractivity contribution in [1.29, 1.82) is 0 Å². The maximum Gasteiger partial charge on any atom is 0.296 e. The summed E-state index contributed by atoms with van der Waals surface area (Å²) in [5.74, 6) is -0.421. The lowest BCUT2D eigenvalue weighted by molar-refractivity contribution is -0.384. The quantitative estimate of drug-likeness (QED) is 0.0252. The van der Waals surface area contributed by atoms with Gasteiger partial charge in [-0.25, -0.2) is 0 Å². The van der Waals surface area contributed by atoms with Crippen molar-refractivity contribution in [2.24, 2.45) is 30.7 Å². The molecule has 22 heteroatoms. The second-order valence-corrected chi connectivity index (χ2v) is 15.2. The topological polar surface area (TPSA) is 317 Å². The molecular weight excluding hydrogens is 811 g/mol. The summed E-state index contributed by atoms with van der Waals surface area (Å²) in [6.45, 7) is 1.86. The van der Waals surface area contributed by atoms with Crippen LogP contribution in [0, 0.1) is 17.0 Å². The van der Waals surface area contributed by atoms with Crippen LogP contribution in [0.4, 0.5) is 51.2 Å². The number of nitrogens with two attached hydrogens (primary N) is 2. The molecule has 0 radical (unpaired) electrons. The smallest absolute Gasteiger partial charge is 0.296 e. The number of nitrogens with zero attached hydrogens (tertiary/aromatic N) is 7. The van der Waals surface area contributed by atoms with Gasteiger partial charge in [-0.15, -0.1) is 20.5 Å². The summed E-state index contributed by atoms with van der Waals surface area (Å²) in [5.41, 5.74) is 13.6. The van der Waals surface area contributed by atoms with Gasteiger partial charge in [-0.3, -0.25) is 19.2 Å². The number of phenols is 1. The highest BCUT2D eigenvalue weighted by molar-refractivity contribution is 7.86. The highest BCUT2D eigenvalue weighted by Gasteiger charge is 2.28. The summed E-state index contributed by atoms with van der Waals surface area (Å²) in [7, 11) is -7.50. The van der Waals surface area contributed by atoms with Crippen LogP contribution >= 0.6 is 0 Å². The van der Waals surface area contributed by atoms with E-state index in [-0.39, 0.29) is 28.2 Å². The Morgan fingerprint density at radius 2 is 1.14 bits per heavy atom. The molecule has 0 heterocycles. The van der Waals surface area contributed by atoms with Crippen LogP contribution in [0.2, 0.25) is 0 Å². The Balaban J connectivity index is 1.40. The van der Waals surface area contributed by atoms with Gasteiger partial charge in [-0.05, 0) is 95.7 Å². The van der Waals surface area contributed by atoms with E-state index in [0.29, 0.717) is 33.9 Å². The van der Waals surface area contributed by atoms with Gasteiger partial charge in [-0.1, -0.05) is 12.1 Å². The number of methoxy groups -OCH3 is 2. The van der Waals surface area contributed by atoms with Crippen LogP contribution in [-0.2, 0) is 20.2 Å². The standard InChI is InChI=1S/C37H31N9O11S2/c1-19-14-23(38)6-13-26(19)41-42-27-11-4-20(15-29(27)56-2)21-5-12-28(30(16-21)57-3)43-45-36-32(59(53,54)55)18-22-17-31(58(50,51)52)35(34(39)33(22)37(36)47)44-40-24-7-9-25(10-8-24)46(48)49/h4-18,47H,38-39H2,1-3H3,(H,50,51,52)(H,53,54,55). The van der Waals surface area contributed by atoms with Crippen LogP contribution in [0.1, 0.15) is 5.56 Å². The van der Waals surface area contributed by atoms with E-state index in [2.05, 4.69) is 30.7 Å². The average Bonchev–Trinajstić information content (AvgIpc) is 3.18. The minimum Gasteiger partial charge on any atom is -0.505 e. The molecule has 6 aromatic rings. The molecule has 0 atom stereocenters. The van der Waals surface area contributed by atoms with Gasteiger partial charge in [0.15, 0.2) is 5.75 Å². The van der Waals surface area contributed by atoms with E-state index in [1.807, 2.05) is 6.92 Å². The Labute approximate surface area is 334 Å². The first-order valence-corrected chi connectivity index (χ1v) is 19.6. The fourth-order valence-corrected chi connectivity index (χ4v) is 7.06. The summed E-state index contributed by atoms with van der Waals surface area (Å²) < 4.78 is 81.2. The van der Waals surface area contributed by atoms with Crippen molar-refractivity contribution < 1.29 is 45.4 Å². The van der Waals surface area contributed by atoms with Gasteiger partial charge in [0.05, 0.1) is 41.6 Å². The maximum atomic E-state index is 12.6. The van der Waals surface area contributed by atoms with Gasteiger partial charge in [0.1, 0.15) is 44.0 Å². The normalized spacial score (nSPS) is 12.2. The van der Waals surface area contributed by atoms with Crippen molar-refractivity contribution in [2.75, 3.05) is 25.7 Å². The Morgan fingerprint density at radius 3 is 1.64 bits per heavy atom. The first kappa shape index (κ1) is 41.2.